The van der Waals surface area contributed by atoms with Crippen molar-refractivity contribution in [2.24, 2.45) is 0 Å². The van der Waals surface area contributed by atoms with Crippen LogP contribution in [0.15, 0.2) is 23.4 Å². The van der Waals surface area contributed by atoms with E-state index in [1.807, 2.05) is 13.0 Å². The number of ether oxygens (including phenoxy) is 1. The minimum atomic E-state index is -3.02. The lowest BCUT2D eigenvalue weighted by atomic mass is 10.2. The van der Waals surface area contributed by atoms with Crippen LogP contribution in [-0.2, 0) is 21.2 Å². The molecule has 0 radical (unpaired) electrons. The van der Waals surface area contributed by atoms with Gasteiger partial charge in [0.25, 0.3) is 0 Å². The van der Waals surface area contributed by atoms with Gasteiger partial charge in [0.15, 0.2) is 15.7 Å². The fourth-order valence-corrected chi connectivity index (χ4v) is 5.41. The highest BCUT2D eigenvalue weighted by Crippen LogP contribution is 2.22. The van der Waals surface area contributed by atoms with Crippen LogP contribution in [0.25, 0.3) is 0 Å². The van der Waals surface area contributed by atoms with Crippen LogP contribution in [0.4, 0.5) is 0 Å². The molecule has 1 aromatic carbocycles. The van der Waals surface area contributed by atoms with Gasteiger partial charge in [-0.3, -0.25) is 9.89 Å². The van der Waals surface area contributed by atoms with Crippen LogP contribution in [0.5, 0.6) is 5.75 Å². The third-order valence-corrected chi connectivity index (χ3v) is 7.50. The van der Waals surface area contributed by atoms with Gasteiger partial charge in [-0.15, -0.1) is 5.10 Å². The van der Waals surface area contributed by atoms with E-state index in [1.54, 1.807) is 19.2 Å². The summed E-state index contributed by atoms with van der Waals surface area (Å²) < 4.78 is 28.8. The van der Waals surface area contributed by atoms with Gasteiger partial charge in [-0.05, 0) is 37.1 Å². The summed E-state index contributed by atoms with van der Waals surface area (Å²) in [5, 5.41) is 7.97. The number of carbonyl (C=O) groups excluding carboxylic acids is 1. The molecule has 1 aliphatic rings. The van der Waals surface area contributed by atoms with Crippen molar-refractivity contribution in [1.82, 2.24) is 20.1 Å². The van der Waals surface area contributed by atoms with Crippen LogP contribution in [0.2, 0.25) is 5.02 Å². The Morgan fingerprint density at radius 1 is 1.46 bits per heavy atom. The Balaban J connectivity index is 1.47. The molecule has 2 aromatic rings. The number of aromatic nitrogens is 3. The van der Waals surface area contributed by atoms with Crippen molar-refractivity contribution >= 4 is 39.1 Å². The lowest BCUT2D eigenvalue weighted by Gasteiger charge is -2.22. The number of sulfone groups is 1. The van der Waals surface area contributed by atoms with Gasteiger partial charge in [-0.25, -0.2) is 13.4 Å². The first-order valence-electron chi connectivity index (χ1n) is 8.62. The number of carbonyl (C=O) groups is 1. The number of halogens is 1. The van der Waals surface area contributed by atoms with Crippen molar-refractivity contribution in [3.05, 3.63) is 34.6 Å². The summed E-state index contributed by atoms with van der Waals surface area (Å²) in [4.78, 5) is 18.1. The maximum atomic E-state index is 12.3. The molecule has 1 fully saturated rings. The van der Waals surface area contributed by atoms with E-state index in [-0.39, 0.29) is 35.8 Å². The highest BCUT2D eigenvalue weighted by molar-refractivity contribution is 7.99. The molecule has 1 unspecified atom stereocenters. The topological polar surface area (TPSA) is 105 Å². The van der Waals surface area contributed by atoms with Gasteiger partial charge in [0, 0.05) is 18.1 Å². The molecule has 1 atom stereocenters. The van der Waals surface area contributed by atoms with E-state index in [0.29, 0.717) is 28.2 Å². The first kappa shape index (κ1) is 20.9. The van der Waals surface area contributed by atoms with Crippen LogP contribution in [0, 0.1) is 6.92 Å². The third-order valence-electron chi connectivity index (χ3n) is 4.49. The molecule has 3 rings (SSSR count). The molecule has 11 heteroatoms. The normalized spacial score (nSPS) is 18.2. The number of aromatic amines is 1. The van der Waals surface area contributed by atoms with Crippen LogP contribution >= 0.6 is 23.4 Å². The Hall–Kier alpha value is -1.78. The average molecular weight is 445 g/mol. The summed E-state index contributed by atoms with van der Waals surface area (Å²) in [7, 11) is -1.39. The SMILES string of the molecule is Cc1cc(OCc2nc(SCC(=O)N(C)C3CCS(=O)(=O)C3)n[nH]2)ccc1Cl. The predicted octanol–water partition coefficient (Wildman–Crippen LogP) is 2.08. The quantitative estimate of drug-likeness (QED) is 0.651. The first-order chi connectivity index (χ1) is 13.2. The molecule has 0 bridgehead atoms. The first-order valence-corrected chi connectivity index (χ1v) is 11.8. The third kappa shape index (κ3) is 5.39. The van der Waals surface area contributed by atoms with Crippen LogP contribution < -0.4 is 4.74 Å². The number of nitrogens with one attached hydrogen (secondary N) is 1. The predicted molar refractivity (Wildman–Crippen MR) is 107 cm³/mol. The van der Waals surface area contributed by atoms with Crippen molar-refractivity contribution in [2.75, 3.05) is 24.3 Å². The van der Waals surface area contributed by atoms with Crippen molar-refractivity contribution in [2.45, 2.75) is 31.1 Å². The van der Waals surface area contributed by atoms with E-state index in [2.05, 4.69) is 15.2 Å². The van der Waals surface area contributed by atoms with Gasteiger partial charge in [0.2, 0.25) is 11.1 Å². The zero-order valence-corrected chi connectivity index (χ0v) is 17.9. The molecule has 28 heavy (non-hydrogen) atoms. The molecule has 8 nitrogen and oxygen atoms in total. The molecule has 152 valence electrons. The lowest BCUT2D eigenvalue weighted by molar-refractivity contribution is -0.128. The van der Waals surface area contributed by atoms with Gasteiger partial charge in [-0.2, -0.15) is 0 Å². The summed E-state index contributed by atoms with van der Waals surface area (Å²) in [5.74, 6) is 1.38. The van der Waals surface area contributed by atoms with Crippen molar-refractivity contribution in [3.63, 3.8) is 0 Å². The van der Waals surface area contributed by atoms with Crippen molar-refractivity contribution < 1.29 is 17.9 Å². The second-order valence-electron chi connectivity index (χ2n) is 6.61. The van der Waals surface area contributed by atoms with Gasteiger partial charge in [0.05, 0.1) is 17.3 Å². The van der Waals surface area contributed by atoms with Gasteiger partial charge in [0.1, 0.15) is 12.4 Å². The Morgan fingerprint density at radius 2 is 2.25 bits per heavy atom. The number of rotatable bonds is 7. The Morgan fingerprint density at radius 3 is 2.93 bits per heavy atom. The molecule has 0 saturated carbocycles. The Bertz CT molecular complexity index is 964. The highest BCUT2D eigenvalue weighted by Gasteiger charge is 2.32. The average Bonchev–Trinajstić information content (AvgIpc) is 3.26. The zero-order chi connectivity index (χ0) is 20.3. The van der Waals surface area contributed by atoms with E-state index in [1.165, 1.54) is 16.7 Å². The van der Waals surface area contributed by atoms with Crippen LogP contribution in [0.1, 0.15) is 17.8 Å². The molecule has 1 aliphatic heterocycles. The number of thioether (sulfide) groups is 1. The molecule has 1 amide bonds. The largest absolute Gasteiger partial charge is 0.486 e. The lowest BCUT2D eigenvalue weighted by Crippen LogP contribution is -2.38. The van der Waals surface area contributed by atoms with Crippen molar-refractivity contribution in [3.8, 4) is 5.75 Å². The second-order valence-corrected chi connectivity index (χ2v) is 10.2. The number of hydrogen-bond donors (Lipinski definition) is 1. The van der Waals surface area contributed by atoms with E-state index in [9.17, 15) is 13.2 Å². The van der Waals surface area contributed by atoms with Gasteiger partial charge < -0.3 is 9.64 Å². The molecule has 0 spiro atoms. The second kappa shape index (κ2) is 8.71. The molecule has 0 aliphatic carbocycles. The van der Waals surface area contributed by atoms with Crippen molar-refractivity contribution in [1.29, 1.82) is 0 Å². The highest BCUT2D eigenvalue weighted by atomic mass is 35.5. The van der Waals surface area contributed by atoms with Crippen LogP contribution in [0.3, 0.4) is 0 Å². The maximum Gasteiger partial charge on any atom is 0.233 e. The minimum absolute atomic E-state index is 0.0339. The maximum absolute atomic E-state index is 12.3. The Kier molecular flexibility index (Phi) is 6.51. The molecule has 1 saturated heterocycles. The number of hydrogen-bond acceptors (Lipinski definition) is 7. The van der Waals surface area contributed by atoms with Gasteiger partial charge in [-0.1, -0.05) is 23.4 Å². The molecular formula is C17H21ClN4O4S2. The summed E-state index contributed by atoms with van der Waals surface area (Å²) in [6.45, 7) is 2.11. The summed E-state index contributed by atoms with van der Waals surface area (Å²) >= 11 is 7.19. The Labute approximate surface area is 172 Å². The van der Waals surface area contributed by atoms with E-state index >= 15 is 0 Å². The number of nitrogens with zero attached hydrogens (tertiary/aromatic N) is 3. The van der Waals surface area contributed by atoms with E-state index in [0.717, 1.165) is 5.56 Å². The summed E-state index contributed by atoms with van der Waals surface area (Å²) in [5.41, 5.74) is 0.922. The van der Waals surface area contributed by atoms with E-state index in [4.69, 9.17) is 16.3 Å². The molecule has 1 N–H and O–H groups in total. The summed E-state index contributed by atoms with van der Waals surface area (Å²) in [6.07, 6.45) is 0.488. The fourth-order valence-electron chi connectivity index (χ4n) is 2.78. The zero-order valence-electron chi connectivity index (χ0n) is 15.5. The molecule has 2 heterocycles. The van der Waals surface area contributed by atoms with Crippen LogP contribution in [-0.4, -0.2) is 64.8 Å². The number of aryl methyl sites for hydroxylation is 1. The smallest absolute Gasteiger partial charge is 0.233 e. The number of amides is 1. The monoisotopic (exact) mass is 444 g/mol. The fraction of sp³-hybridized carbons (Fsp3) is 0.471. The standard InChI is InChI=1S/C17H21ClN4O4S2/c1-11-7-13(3-4-14(11)18)26-8-15-19-17(21-20-15)27-9-16(23)22(2)12-5-6-28(24,25)10-12/h3-4,7,12H,5-6,8-10H2,1-2H3,(H,19,20,21). The minimum Gasteiger partial charge on any atom is -0.486 e. The molecular weight excluding hydrogens is 424 g/mol. The molecule has 1 aromatic heterocycles. The number of H-pyrrole nitrogens is 1. The van der Waals surface area contributed by atoms with E-state index < -0.39 is 9.84 Å². The number of benzene rings is 1. The van der Waals surface area contributed by atoms with Gasteiger partial charge >= 0.3 is 0 Å². The summed E-state index contributed by atoms with van der Waals surface area (Å²) in [6, 6.07) is 5.13.